The zero-order chi connectivity index (χ0) is 11.2. The molecule has 2 heterocycles. The average Bonchev–Trinajstić information content (AvgIpc) is 2.38. The quantitative estimate of drug-likeness (QED) is 0.825. The van der Waals surface area contributed by atoms with Gasteiger partial charge in [0.1, 0.15) is 0 Å². The van der Waals surface area contributed by atoms with E-state index in [4.69, 9.17) is 0 Å². The van der Waals surface area contributed by atoms with Crippen molar-refractivity contribution in [2.75, 3.05) is 36.9 Å². The van der Waals surface area contributed by atoms with Crippen LogP contribution in [0, 0.1) is 5.92 Å². The third-order valence-electron chi connectivity index (χ3n) is 3.06. The van der Waals surface area contributed by atoms with Gasteiger partial charge in [0.15, 0.2) is 0 Å². The first-order chi connectivity index (χ1) is 7.86. The lowest BCUT2D eigenvalue weighted by molar-refractivity contribution is -0.125. The molecule has 0 spiro atoms. The first-order valence-corrected chi connectivity index (χ1v) is 8.24. The fraction of sp³-hybridized carbons (Fsp3) is 0.909. The Bertz CT molecular complexity index is 232. The number of carbonyl (C=O) groups is 1. The monoisotopic (exact) mass is 296 g/mol. The molecule has 2 aliphatic rings. The summed E-state index contributed by atoms with van der Waals surface area (Å²) in [7, 11) is 0. The number of rotatable bonds is 3. The normalized spacial score (nSPS) is 29.2. The molecular weight excluding hydrogens is 276 g/mol. The molecule has 17 heavy (non-hydrogen) atoms. The van der Waals surface area contributed by atoms with E-state index in [0.717, 1.165) is 32.5 Å². The van der Waals surface area contributed by atoms with E-state index >= 15 is 0 Å². The van der Waals surface area contributed by atoms with E-state index in [0.29, 0.717) is 5.25 Å². The van der Waals surface area contributed by atoms with Crippen LogP contribution in [0.2, 0.25) is 0 Å². The Morgan fingerprint density at radius 2 is 2.29 bits per heavy atom. The van der Waals surface area contributed by atoms with Crippen LogP contribution < -0.4 is 10.6 Å². The summed E-state index contributed by atoms with van der Waals surface area (Å²) in [5, 5.41) is 7.02. The Labute approximate surface area is 118 Å². The molecule has 0 aliphatic carbocycles. The second-order valence-electron chi connectivity index (χ2n) is 4.36. The molecule has 2 N–H and O–H groups in total. The maximum absolute atomic E-state index is 11.9. The number of piperidine rings is 1. The highest BCUT2D eigenvalue weighted by atomic mass is 35.5. The summed E-state index contributed by atoms with van der Waals surface area (Å²) in [4.78, 5) is 11.9. The number of nitrogens with one attached hydrogen (secondary N) is 2. The van der Waals surface area contributed by atoms with Crippen LogP contribution >= 0.6 is 35.9 Å². The van der Waals surface area contributed by atoms with Crippen LogP contribution in [0.5, 0.6) is 0 Å². The maximum Gasteiger partial charge on any atom is 0.224 e. The van der Waals surface area contributed by atoms with Gasteiger partial charge >= 0.3 is 0 Å². The van der Waals surface area contributed by atoms with Gasteiger partial charge in [0.05, 0.1) is 5.92 Å². The first-order valence-electron chi connectivity index (χ1n) is 6.04. The van der Waals surface area contributed by atoms with Crippen molar-refractivity contribution in [2.24, 2.45) is 5.92 Å². The van der Waals surface area contributed by atoms with Gasteiger partial charge < -0.3 is 10.6 Å². The van der Waals surface area contributed by atoms with Gasteiger partial charge in [-0.25, -0.2) is 0 Å². The van der Waals surface area contributed by atoms with Crippen LogP contribution in [0.25, 0.3) is 0 Å². The molecule has 0 saturated carbocycles. The number of hydrogen-bond donors (Lipinski definition) is 2. The van der Waals surface area contributed by atoms with E-state index in [1.165, 1.54) is 17.3 Å². The standard InChI is InChI=1S/C11H20N2OS2.ClH/c14-11(9-2-1-3-12-6-9)13-7-10-8-15-4-5-16-10;/h9-10,12H,1-8H2,(H,13,14);1H. The molecular formula is C11H21ClN2OS2. The smallest absolute Gasteiger partial charge is 0.224 e. The third kappa shape index (κ3) is 5.28. The van der Waals surface area contributed by atoms with Crippen molar-refractivity contribution < 1.29 is 4.79 Å². The van der Waals surface area contributed by atoms with Crippen molar-refractivity contribution in [1.29, 1.82) is 0 Å². The molecule has 3 nitrogen and oxygen atoms in total. The van der Waals surface area contributed by atoms with Gasteiger partial charge in [-0.2, -0.15) is 23.5 Å². The zero-order valence-corrected chi connectivity index (χ0v) is 12.4. The van der Waals surface area contributed by atoms with Gasteiger partial charge in [-0.15, -0.1) is 12.4 Å². The largest absolute Gasteiger partial charge is 0.355 e. The molecule has 0 aromatic carbocycles. The lowest BCUT2D eigenvalue weighted by Crippen LogP contribution is -2.43. The highest BCUT2D eigenvalue weighted by molar-refractivity contribution is 8.06. The molecule has 2 rings (SSSR count). The van der Waals surface area contributed by atoms with Crippen molar-refractivity contribution in [3.05, 3.63) is 0 Å². The minimum atomic E-state index is 0. The Morgan fingerprint density at radius 3 is 2.94 bits per heavy atom. The summed E-state index contributed by atoms with van der Waals surface area (Å²) in [6.45, 7) is 2.78. The van der Waals surface area contributed by atoms with Crippen LogP contribution in [-0.2, 0) is 4.79 Å². The summed E-state index contributed by atoms with van der Waals surface area (Å²) >= 11 is 4.01. The zero-order valence-electron chi connectivity index (χ0n) is 9.94. The molecule has 100 valence electrons. The summed E-state index contributed by atoms with van der Waals surface area (Å²) in [6, 6.07) is 0. The molecule has 6 heteroatoms. The van der Waals surface area contributed by atoms with Crippen LogP contribution in [0.1, 0.15) is 12.8 Å². The topological polar surface area (TPSA) is 41.1 Å². The number of halogens is 1. The van der Waals surface area contributed by atoms with Gasteiger partial charge in [0, 0.05) is 35.6 Å². The second kappa shape index (κ2) is 8.51. The average molecular weight is 297 g/mol. The minimum absolute atomic E-state index is 0. The number of carbonyl (C=O) groups excluding carboxylic acids is 1. The van der Waals surface area contributed by atoms with Crippen LogP contribution in [0.4, 0.5) is 0 Å². The Balaban J connectivity index is 0.00000144. The Kier molecular flexibility index (Phi) is 7.75. The van der Waals surface area contributed by atoms with Crippen LogP contribution in [0.3, 0.4) is 0 Å². The summed E-state index contributed by atoms with van der Waals surface area (Å²) in [5.74, 6) is 4.14. The number of thioether (sulfide) groups is 2. The molecule has 1 amide bonds. The van der Waals surface area contributed by atoms with Crippen molar-refractivity contribution in [2.45, 2.75) is 18.1 Å². The predicted octanol–water partition coefficient (Wildman–Crippen LogP) is 1.37. The third-order valence-corrected chi connectivity index (χ3v) is 5.90. The van der Waals surface area contributed by atoms with Crippen molar-refractivity contribution in [1.82, 2.24) is 10.6 Å². The minimum Gasteiger partial charge on any atom is -0.355 e. The molecule has 2 aliphatic heterocycles. The van der Waals surface area contributed by atoms with Crippen molar-refractivity contribution in [3.8, 4) is 0 Å². The van der Waals surface area contributed by atoms with E-state index in [9.17, 15) is 4.79 Å². The highest BCUT2D eigenvalue weighted by Crippen LogP contribution is 2.23. The first kappa shape index (κ1) is 15.5. The molecule has 0 radical (unpaired) electrons. The predicted molar refractivity (Wildman–Crippen MR) is 79.4 cm³/mol. The molecule has 2 atom stereocenters. The van der Waals surface area contributed by atoms with Crippen molar-refractivity contribution >= 4 is 41.8 Å². The summed E-state index contributed by atoms with van der Waals surface area (Å²) in [6.07, 6.45) is 2.18. The summed E-state index contributed by atoms with van der Waals surface area (Å²) < 4.78 is 0. The van der Waals surface area contributed by atoms with E-state index < -0.39 is 0 Å². The van der Waals surface area contributed by atoms with Crippen LogP contribution in [-0.4, -0.2) is 48.0 Å². The van der Waals surface area contributed by atoms with Gasteiger partial charge in [-0.3, -0.25) is 4.79 Å². The van der Waals surface area contributed by atoms with Crippen LogP contribution in [0.15, 0.2) is 0 Å². The molecule has 2 saturated heterocycles. The SMILES string of the molecule is Cl.O=C(NCC1CSCCS1)C1CCCNC1. The van der Waals surface area contributed by atoms with Gasteiger partial charge in [0.25, 0.3) is 0 Å². The summed E-state index contributed by atoms with van der Waals surface area (Å²) in [5.41, 5.74) is 0. The van der Waals surface area contributed by atoms with Gasteiger partial charge in [-0.05, 0) is 19.4 Å². The fourth-order valence-corrected chi connectivity index (χ4v) is 4.70. The Hall–Kier alpha value is 0.420. The Morgan fingerprint density at radius 1 is 1.41 bits per heavy atom. The number of amides is 1. The van der Waals surface area contributed by atoms with E-state index in [1.807, 2.05) is 23.5 Å². The van der Waals surface area contributed by atoms with E-state index in [-0.39, 0.29) is 24.2 Å². The lowest BCUT2D eigenvalue weighted by atomic mass is 9.99. The van der Waals surface area contributed by atoms with Crippen molar-refractivity contribution in [3.63, 3.8) is 0 Å². The van der Waals surface area contributed by atoms with Gasteiger partial charge in [-0.1, -0.05) is 0 Å². The van der Waals surface area contributed by atoms with E-state index in [1.54, 1.807) is 0 Å². The fourth-order valence-electron chi connectivity index (χ4n) is 2.09. The van der Waals surface area contributed by atoms with Gasteiger partial charge in [0.2, 0.25) is 5.91 Å². The second-order valence-corrected chi connectivity index (χ2v) is 6.91. The molecule has 0 aromatic heterocycles. The molecule has 2 fully saturated rings. The maximum atomic E-state index is 11.9. The van der Waals surface area contributed by atoms with E-state index in [2.05, 4.69) is 10.6 Å². The lowest BCUT2D eigenvalue weighted by Gasteiger charge is -2.25. The number of hydrogen-bond acceptors (Lipinski definition) is 4. The molecule has 0 aromatic rings. The molecule has 0 bridgehead atoms. The molecule has 2 unspecified atom stereocenters. The highest BCUT2D eigenvalue weighted by Gasteiger charge is 2.22.